The smallest absolute Gasteiger partial charge is 0.407 e. The Labute approximate surface area is 92.6 Å². The Morgan fingerprint density at radius 3 is 2.00 bits per heavy atom. The van der Waals surface area contributed by atoms with E-state index in [-0.39, 0.29) is 11.5 Å². The van der Waals surface area contributed by atoms with E-state index in [1.165, 1.54) is 0 Å². The van der Waals surface area contributed by atoms with E-state index in [0.29, 0.717) is 6.54 Å². The number of hydrogen-bond donors (Lipinski definition) is 2. The van der Waals surface area contributed by atoms with Crippen LogP contribution in [0.4, 0.5) is 4.79 Å². The quantitative estimate of drug-likeness (QED) is 0.740. The van der Waals surface area contributed by atoms with Crippen molar-refractivity contribution in [2.45, 2.75) is 53.2 Å². The van der Waals surface area contributed by atoms with Gasteiger partial charge in [-0.3, -0.25) is 0 Å². The Balaban J connectivity index is 4.27. The van der Waals surface area contributed by atoms with Gasteiger partial charge in [-0.2, -0.15) is 0 Å². The minimum atomic E-state index is -0.471. The summed E-state index contributed by atoms with van der Waals surface area (Å²) in [5.74, 6) is 0. The summed E-state index contributed by atoms with van der Waals surface area (Å²) in [6.45, 7) is 12.0. The van der Waals surface area contributed by atoms with Gasteiger partial charge < -0.3 is 15.8 Å². The van der Waals surface area contributed by atoms with E-state index >= 15 is 0 Å². The summed E-state index contributed by atoms with van der Waals surface area (Å²) in [5.41, 5.74) is 5.07. The first-order valence-corrected chi connectivity index (χ1v) is 5.26. The van der Waals surface area contributed by atoms with Crippen LogP contribution in [0.3, 0.4) is 0 Å². The van der Waals surface area contributed by atoms with Crippen LogP contribution in [0.2, 0.25) is 0 Å². The standard InChI is InChI=1S/C11H24N2O2/c1-10(2,3)8(7-12)13-9(14)15-11(4,5)6/h8H,7,12H2,1-6H3,(H,13,14). The number of nitrogens with two attached hydrogens (primary N) is 1. The van der Waals surface area contributed by atoms with Crippen molar-refractivity contribution in [2.75, 3.05) is 6.54 Å². The highest BCUT2D eigenvalue weighted by Crippen LogP contribution is 2.18. The molecule has 0 saturated heterocycles. The molecule has 0 aromatic carbocycles. The molecule has 0 aromatic rings. The van der Waals surface area contributed by atoms with Gasteiger partial charge in [-0.05, 0) is 26.2 Å². The van der Waals surface area contributed by atoms with Gasteiger partial charge in [0.25, 0.3) is 0 Å². The summed E-state index contributed by atoms with van der Waals surface area (Å²) in [4.78, 5) is 11.5. The highest BCUT2D eigenvalue weighted by Gasteiger charge is 2.26. The fourth-order valence-electron chi connectivity index (χ4n) is 1.08. The fourth-order valence-corrected chi connectivity index (χ4v) is 1.08. The molecule has 0 heterocycles. The Morgan fingerprint density at radius 2 is 1.73 bits per heavy atom. The maximum Gasteiger partial charge on any atom is 0.407 e. The molecule has 0 aliphatic rings. The van der Waals surface area contributed by atoms with Crippen molar-refractivity contribution >= 4 is 6.09 Å². The lowest BCUT2D eigenvalue weighted by Crippen LogP contribution is -2.49. The van der Waals surface area contributed by atoms with Gasteiger partial charge in [0.2, 0.25) is 0 Å². The fraction of sp³-hybridized carbons (Fsp3) is 0.909. The lowest BCUT2D eigenvalue weighted by Gasteiger charge is -2.31. The van der Waals surface area contributed by atoms with Gasteiger partial charge in [0.1, 0.15) is 5.60 Å². The Morgan fingerprint density at radius 1 is 1.27 bits per heavy atom. The number of ether oxygens (including phenoxy) is 1. The molecule has 0 rings (SSSR count). The average molecular weight is 216 g/mol. The first-order valence-electron chi connectivity index (χ1n) is 5.26. The summed E-state index contributed by atoms with van der Waals surface area (Å²) >= 11 is 0. The maximum atomic E-state index is 11.5. The minimum Gasteiger partial charge on any atom is -0.444 e. The van der Waals surface area contributed by atoms with Crippen LogP contribution in [0.5, 0.6) is 0 Å². The topological polar surface area (TPSA) is 64.3 Å². The third kappa shape index (κ3) is 6.33. The SMILES string of the molecule is CC(C)(C)OC(=O)NC(CN)C(C)(C)C. The lowest BCUT2D eigenvalue weighted by atomic mass is 9.87. The third-order valence-electron chi connectivity index (χ3n) is 1.97. The molecule has 0 spiro atoms. The normalized spacial score (nSPS) is 14.6. The molecule has 0 aliphatic carbocycles. The van der Waals surface area contributed by atoms with Crippen molar-refractivity contribution in [1.29, 1.82) is 0 Å². The second kappa shape index (κ2) is 4.84. The zero-order chi connectivity index (χ0) is 12.3. The Kier molecular flexibility index (Phi) is 4.59. The van der Waals surface area contributed by atoms with Crippen LogP contribution in [0.15, 0.2) is 0 Å². The predicted octanol–water partition coefficient (Wildman–Crippen LogP) is 1.88. The van der Waals surface area contributed by atoms with Crippen molar-refractivity contribution in [3.8, 4) is 0 Å². The van der Waals surface area contributed by atoms with E-state index in [9.17, 15) is 4.79 Å². The summed E-state index contributed by atoms with van der Waals surface area (Å²) in [5, 5.41) is 2.78. The van der Waals surface area contributed by atoms with Gasteiger partial charge in [-0.1, -0.05) is 20.8 Å². The van der Waals surface area contributed by atoms with Crippen molar-refractivity contribution in [3.05, 3.63) is 0 Å². The molecule has 15 heavy (non-hydrogen) atoms. The lowest BCUT2D eigenvalue weighted by molar-refractivity contribution is 0.0468. The van der Waals surface area contributed by atoms with E-state index in [2.05, 4.69) is 5.32 Å². The number of amides is 1. The van der Waals surface area contributed by atoms with Crippen molar-refractivity contribution in [1.82, 2.24) is 5.32 Å². The zero-order valence-corrected chi connectivity index (χ0v) is 10.7. The first kappa shape index (κ1) is 14.2. The number of carbonyl (C=O) groups excluding carboxylic acids is 1. The summed E-state index contributed by atoms with van der Waals surface area (Å²) in [6.07, 6.45) is -0.409. The highest BCUT2D eigenvalue weighted by molar-refractivity contribution is 5.68. The zero-order valence-electron chi connectivity index (χ0n) is 10.7. The van der Waals surface area contributed by atoms with E-state index in [4.69, 9.17) is 10.5 Å². The first-order chi connectivity index (χ1) is 6.56. The average Bonchev–Trinajstić information content (AvgIpc) is 1.94. The number of nitrogens with one attached hydrogen (secondary N) is 1. The molecule has 4 heteroatoms. The van der Waals surface area contributed by atoms with E-state index in [1.54, 1.807) is 0 Å². The van der Waals surface area contributed by atoms with E-state index in [1.807, 2.05) is 41.5 Å². The molecule has 0 radical (unpaired) electrons. The van der Waals surface area contributed by atoms with Crippen LogP contribution in [-0.2, 0) is 4.74 Å². The molecule has 4 nitrogen and oxygen atoms in total. The summed E-state index contributed by atoms with van der Waals surface area (Å²) < 4.78 is 5.16. The van der Waals surface area contributed by atoms with Gasteiger partial charge in [0, 0.05) is 12.6 Å². The van der Waals surface area contributed by atoms with Gasteiger partial charge in [0.05, 0.1) is 0 Å². The van der Waals surface area contributed by atoms with Gasteiger partial charge >= 0.3 is 6.09 Å². The molecule has 0 saturated carbocycles. The Bertz CT molecular complexity index is 214. The van der Waals surface area contributed by atoms with Crippen molar-refractivity contribution in [3.63, 3.8) is 0 Å². The highest BCUT2D eigenvalue weighted by atomic mass is 16.6. The van der Waals surface area contributed by atoms with Crippen molar-refractivity contribution in [2.24, 2.45) is 11.1 Å². The van der Waals surface area contributed by atoms with Gasteiger partial charge in [-0.15, -0.1) is 0 Å². The molecule has 1 atom stereocenters. The third-order valence-corrected chi connectivity index (χ3v) is 1.97. The molecule has 0 aromatic heterocycles. The second-order valence-electron chi connectivity index (χ2n) is 5.80. The molecular weight excluding hydrogens is 192 g/mol. The second-order valence-corrected chi connectivity index (χ2v) is 5.80. The van der Waals surface area contributed by atoms with E-state index in [0.717, 1.165) is 0 Å². The van der Waals surface area contributed by atoms with Crippen LogP contribution in [-0.4, -0.2) is 24.3 Å². The number of hydrogen-bond acceptors (Lipinski definition) is 3. The molecule has 0 fully saturated rings. The molecule has 3 N–H and O–H groups in total. The molecule has 0 aliphatic heterocycles. The molecule has 1 amide bonds. The van der Waals surface area contributed by atoms with Crippen LogP contribution in [0.1, 0.15) is 41.5 Å². The monoisotopic (exact) mass is 216 g/mol. The van der Waals surface area contributed by atoms with Crippen molar-refractivity contribution < 1.29 is 9.53 Å². The predicted molar refractivity (Wildman–Crippen MR) is 61.7 cm³/mol. The molecule has 90 valence electrons. The molecule has 0 bridgehead atoms. The van der Waals surface area contributed by atoms with Crippen LogP contribution in [0.25, 0.3) is 0 Å². The molecular formula is C11H24N2O2. The van der Waals surface area contributed by atoms with Gasteiger partial charge in [0.15, 0.2) is 0 Å². The number of rotatable bonds is 2. The largest absolute Gasteiger partial charge is 0.444 e. The number of carbonyl (C=O) groups is 1. The van der Waals surface area contributed by atoms with Crippen LogP contribution in [0, 0.1) is 5.41 Å². The van der Waals surface area contributed by atoms with E-state index < -0.39 is 11.7 Å². The van der Waals surface area contributed by atoms with Crippen LogP contribution < -0.4 is 11.1 Å². The maximum absolute atomic E-state index is 11.5. The Hall–Kier alpha value is -0.770. The van der Waals surface area contributed by atoms with Crippen LogP contribution >= 0.6 is 0 Å². The summed E-state index contributed by atoms with van der Waals surface area (Å²) in [6, 6.07) is -0.0765. The summed E-state index contributed by atoms with van der Waals surface area (Å²) in [7, 11) is 0. The van der Waals surface area contributed by atoms with Gasteiger partial charge in [-0.25, -0.2) is 4.79 Å². The minimum absolute atomic E-state index is 0.0638. The number of alkyl carbamates (subject to hydrolysis) is 1. The molecule has 1 unspecified atom stereocenters.